The Balaban J connectivity index is 1.45. The lowest BCUT2D eigenvalue weighted by Gasteiger charge is -2.30. The Hall–Kier alpha value is -2.54. The summed E-state index contributed by atoms with van der Waals surface area (Å²) in [6, 6.07) is 11.9. The molecule has 0 unspecified atom stereocenters. The molecule has 3 aliphatic rings. The molecule has 0 spiro atoms. The van der Waals surface area contributed by atoms with Crippen LogP contribution in [0.2, 0.25) is 0 Å². The van der Waals surface area contributed by atoms with Crippen LogP contribution in [0.4, 0.5) is 19.2 Å². The zero-order valence-electron chi connectivity index (χ0n) is 15.2. The molecule has 2 bridgehead atoms. The predicted molar refractivity (Wildman–Crippen MR) is 101 cm³/mol. The molecule has 0 aliphatic carbocycles. The molecule has 4 nitrogen and oxygen atoms in total. The molecular weight excluding hydrogens is 367 g/mol. The third kappa shape index (κ3) is 3.13. The van der Waals surface area contributed by atoms with Crippen LogP contribution >= 0.6 is 0 Å². The van der Waals surface area contributed by atoms with Crippen LogP contribution in [0, 0.1) is 0 Å². The number of hydrogen-bond acceptors (Lipinski definition) is 4. The Labute approximate surface area is 160 Å². The van der Waals surface area contributed by atoms with E-state index in [-0.39, 0.29) is 0 Å². The van der Waals surface area contributed by atoms with E-state index in [0.29, 0.717) is 17.6 Å². The molecule has 0 radical (unpaired) electrons. The molecule has 2 aromatic carbocycles. The van der Waals surface area contributed by atoms with Crippen LogP contribution < -0.4 is 4.90 Å². The molecule has 4 heterocycles. The Bertz CT molecular complexity index is 988. The maximum absolute atomic E-state index is 12.8. The summed E-state index contributed by atoms with van der Waals surface area (Å²) >= 11 is 0. The number of halogens is 3. The van der Waals surface area contributed by atoms with Gasteiger partial charge in [0.25, 0.3) is 6.01 Å². The molecular formula is C21H20F3N3O. The van der Waals surface area contributed by atoms with Gasteiger partial charge in [-0.1, -0.05) is 18.2 Å². The minimum atomic E-state index is -4.33. The molecule has 7 heteroatoms. The van der Waals surface area contributed by atoms with E-state index in [9.17, 15) is 13.2 Å². The van der Waals surface area contributed by atoms with Crippen molar-refractivity contribution in [1.29, 1.82) is 0 Å². The lowest BCUT2D eigenvalue weighted by atomic mass is 10.0. The summed E-state index contributed by atoms with van der Waals surface area (Å²) in [7, 11) is 0. The summed E-state index contributed by atoms with van der Waals surface area (Å²) in [5.74, 6) is 0. The predicted octanol–water partition coefficient (Wildman–Crippen LogP) is 4.80. The van der Waals surface area contributed by atoms with Gasteiger partial charge < -0.3 is 14.2 Å². The third-order valence-corrected chi connectivity index (χ3v) is 5.82. The second-order valence-corrected chi connectivity index (χ2v) is 7.52. The van der Waals surface area contributed by atoms with Crippen molar-refractivity contribution in [3.8, 4) is 11.1 Å². The van der Waals surface area contributed by atoms with Gasteiger partial charge in [-0.05, 0) is 48.2 Å². The van der Waals surface area contributed by atoms with Crippen molar-refractivity contribution in [2.45, 2.75) is 25.1 Å². The van der Waals surface area contributed by atoms with Gasteiger partial charge in [-0.3, -0.25) is 0 Å². The fourth-order valence-corrected chi connectivity index (χ4v) is 4.21. The summed E-state index contributed by atoms with van der Waals surface area (Å²) in [4.78, 5) is 9.44. The van der Waals surface area contributed by atoms with E-state index < -0.39 is 11.7 Å². The van der Waals surface area contributed by atoms with Gasteiger partial charge >= 0.3 is 6.18 Å². The van der Waals surface area contributed by atoms with E-state index in [1.807, 2.05) is 18.2 Å². The van der Waals surface area contributed by atoms with Crippen molar-refractivity contribution in [3.05, 3.63) is 48.0 Å². The van der Waals surface area contributed by atoms with Crippen LogP contribution in [0.3, 0.4) is 0 Å². The lowest BCUT2D eigenvalue weighted by molar-refractivity contribution is -0.137. The van der Waals surface area contributed by atoms with E-state index in [0.717, 1.165) is 67.8 Å². The fourth-order valence-electron chi connectivity index (χ4n) is 4.21. The van der Waals surface area contributed by atoms with Crippen LogP contribution in [0.25, 0.3) is 22.2 Å². The number of fused-ring (bicyclic) bond motifs is 5. The van der Waals surface area contributed by atoms with Gasteiger partial charge in [-0.2, -0.15) is 18.2 Å². The Kier molecular flexibility index (Phi) is 4.08. The lowest BCUT2D eigenvalue weighted by Crippen LogP contribution is -2.38. The zero-order valence-corrected chi connectivity index (χ0v) is 15.2. The average Bonchev–Trinajstić information content (AvgIpc) is 2.87. The van der Waals surface area contributed by atoms with Crippen molar-refractivity contribution in [2.24, 2.45) is 0 Å². The summed E-state index contributed by atoms with van der Waals surface area (Å²) in [6.45, 7) is 4.17. The smallest absolute Gasteiger partial charge is 0.416 e. The molecule has 3 fully saturated rings. The Morgan fingerprint density at radius 1 is 0.893 bits per heavy atom. The molecule has 6 rings (SSSR count). The van der Waals surface area contributed by atoms with Crippen LogP contribution in [0.1, 0.15) is 18.4 Å². The Morgan fingerprint density at radius 3 is 2.32 bits per heavy atom. The molecule has 3 saturated heterocycles. The van der Waals surface area contributed by atoms with Crippen LogP contribution in [-0.2, 0) is 6.18 Å². The maximum atomic E-state index is 12.8. The van der Waals surface area contributed by atoms with Crippen molar-refractivity contribution in [3.63, 3.8) is 0 Å². The maximum Gasteiger partial charge on any atom is 0.416 e. The molecule has 0 saturated carbocycles. The number of aromatic nitrogens is 1. The SMILES string of the molecule is FC(F)(F)c1ccc(-c2ccc3oc(N4CCN5CCC4CC5)nc3c2)cc1. The number of rotatable bonds is 2. The van der Waals surface area contributed by atoms with Crippen LogP contribution in [-0.4, -0.2) is 42.1 Å². The van der Waals surface area contributed by atoms with Crippen molar-refractivity contribution in [2.75, 3.05) is 31.1 Å². The average molecular weight is 387 g/mol. The zero-order chi connectivity index (χ0) is 19.3. The third-order valence-electron chi connectivity index (χ3n) is 5.82. The van der Waals surface area contributed by atoms with Gasteiger partial charge in [0.1, 0.15) is 5.52 Å². The summed E-state index contributed by atoms with van der Waals surface area (Å²) in [5.41, 5.74) is 2.33. The molecule has 0 N–H and O–H groups in total. The first-order valence-electron chi connectivity index (χ1n) is 9.55. The number of anilines is 1. The number of benzene rings is 2. The van der Waals surface area contributed by atoms with E-state index in [1.54, 1.807) is 0 Å². The monoisotopic (exact) mass is 387 g/mol. The van der Waals surface area contributed by atoms with Crippen LogP contribution in [0.5, 0.6) is 0 Å². The number of alkyl halides is 3. The minimum Gasteiger partial charge on any atom is -0.423 e. The van der Waals surface area contributed by atoms with Gasteiger partial charge in [0, 0.05) is 32.2 Å². The summed E-state index contributed by atoms with van der Waals surface area (Å²) < 4.78 is 44.3. The second-order valence-electron chi connectivity index (χ2n) is 7.52. The van der Waals surface area contributed by atoms with Crippen LogP contribution in [0.15, 0.2) is 46.9 Å². The largest absolute Gasteiger partial charge is 0.423 e. The first-order valence-corrected chi connectivity index (χ1v) is 9.55. The normalized spacial score (nSPS) is 22.6. The summed E-state index contributed by atoms with van der Waals surface area (Å²) in [5, 5.41) is 0. The number of nitrogens with zero attached hydrogens (tertiary/aromatic N) is 3. The van der Waals surface area contributed by atoms with E-state index >= 15 is 0 Å². The van der Waals surface area contributed by atoms with Gasteiger partial charge in [-0.15, -0.1) is 0 Å². The Morgan fingerprint density at radius 2 is 1.61 bits per heavy atom. The van der Waals surface area contributed by atoms with E-state index in [2.05, 4.69) is 9.80 Å². The molecule has 3 aliphatic heterocycles. The molecule has 3 aromatic rings. The highest BCUT2D eigenvalue weighted by Gasteiger charge is 2.32. The molecule has 1 aromatic heterocycles. The second kappa shape index (κ2) is 6.51. The van der Waals surface area contributed by atoms with Gasteiger partial charge in [0.15, 0.2) is 5.58 Å². The molecule has 28 heavy (non-hydrogen) atoms. The molecule has 0 atom stereocenters. The fraction of sp³-hybridized carbons (Fsp3) is 0.381. The van der Waals surface area contributed by atoms with E-state index in [4.69, 9.17) is 9.40 Å². The highest BCUT2D eigenvalue weighted by Crippen LogP contribution is 2.33. The molecule has 0 amide bonds. The molecule has 146 valence electrons. The number of hydrogen-bond donors (Lipinski definition) is 0. The topological polar surface area (TPSA) is 32.5 Å². The van der Waals surface area contributed by atoms with Crippen molar-refractivity contribution < 1.29 is 17.6 Å². The minimum absolute atomic E-state index is 0.459. The summed E-state index contributed by atoms with van der Waals surface area (Å²) in [6.07, 6.45) is -2.09. The first-order chi connectivity index (χ1) is 13.5. The van der Waals surface area contributed by atoms with E-state index in [1.165, 1.54) is 12.1 Å². The first kappa shape index (κ1) is 17.6. The quantitative estimate of drug-likeness (QED) is 0.633. The van der Waals surface area contributed by atoms with Gasteiger partial charge in [0.2, 0.25) is 0 Å². The standard InChI is InChI=1S/C21H20F3N3O/c22-21(23,24)16-4-1-14(2-5-16)15-3-6-19-18(13-15)25-20(28-19)27-12-11-26-9-7-17(27)8-10-26/h1-6,13,17H,7-12H2. The number of piperidine rings is 1. The van der Waals surface area contributed by atoms with Gasteiger partial charge in [-0.25, -0.2) is 0 Å². The van der Waals surface area contributed by atoms with Crippen molar-refractivity contribution in [1.82, 2.24) is 9.88 Å². The number of oxazole rings is 1. The van der Waals surface area contributed by atoms with Gasteiger partial charge in [0.05, 0.1) is 5.56 Å². The highest BCUT2D eigenvalue weighted by molar-refractivity contribution is 5.81. The highest BCUT2D eigenvalue weighted by atomic mass is 19.4. The van der Waals surface area contributed by atoms with Crippen molar-refractivity contribution >= 4 is 17.1 Å².